The van der Waals surface area contributed by atoms with Gasteiger partial charge in [-0.25, -0.2) is 0 Å². The van der Waals surface area contributed by atoms with Crippen LogP contribution in [0.2, 0.25) is 0 Å². The van der Waals surface area contributed by atoms with E-state index in [0.29, 0.717) is 0 Å². The number of amides is 1. The Labute approximate surface area is 149 Å². The summed E-state index contributed by atoms with van der Waals surface area (Å²) < 4.78 is 0. The highest BCUT2D eigenvalue weighted by Crippen LogP contribution is 2.43. The fraction of sp³-hybridized carbons (Fsp3) is 0.409. The molecule has 130 valence electrons. The molecule has 25 heavy (non-hydrogen) atoms. The van der Waals surface area contributed by atoms with Gasteiger partial charge >= 0.3 is 0 Å². The van der Waals surface area contributed by atoms with Crippen molar-refractivity contribution in [1.29, 1.82) is 0 Å². The van der Waals surface area contributed by atoms with E-state index in [0.717, 1.165) is 31.4 Å². The van der Waals surface area contributed by atoms with Gasteiger partial charge in [0.15, 0.2) is 0 Å². The number of nitrogens with two attached hydrogens (primary N) is 1. The summed E-state index contributed by atoms with van der Waals surface area (Å²) in [4.78, 5) is 11.8. The molecule has 3 N–H and O–H groups in total. The van der Waals surface area contributed by atoms with Gasteiger partial charge in [0, 0.05) is 24.6 Å². The van der Waals surface area contributed by atoms with Crippen LogP contribution in [0.3, 0.4) is 0 Å². The number of hydrogen-bond acceptors (Lipinski definition) is 2. The van der Waals surface area contributed by atoms with Gasteiger partial charge < -0.3 is 11.1 Å². The summed E-state index contributed by atoms with van der Waals surface area (Å²) in [5.74, 6) is 0.148. The summed E-state index contributed by atoms with van der Waals surface area (Å²) in [7, 11) is 0. The van der Waals surface area contributed by atoms with Crippen molar-refractivity contribution in [2.75, 3.05) is 5.32 Å². The molecule has 2 atom stereocenters. The van der Waals surface area contributed by atoms with E-state index in [2.05, 4.69) is 41.7 Å². The summed E-state index contributed by atoms with van der Waals surface area (Å²) in [5.41, 5.74) is 14.5. The SMILES string of the molecule is CC(=O)Nc1ccc2c(c1C1c3ccccc3CC[C@H]1N)CCCC2. The van der Waals surface area contributed by atoms with Crippen molar-refractivity contribution in [2.24, 2.45) is 5.73 Å². The number of carbonyl (C=O) groups excluding carboxylic acids is 1. The van der Waals surface area contributed by atoms with Crippen LogP contribution in [-0.2, 0) is 24.1 Å². The van der Waals surface area contributed by atoms with Crippen LogP contribution >= 0.6 is 0 Å². The van der Waals surface area contributed by atoms with Crippen LogP contribution in [0.5, 0.6) is 0 Å². The topological polar surface area (TPSA) is 55.1 Å². The van der Waals surface area contributed by atoms with E-state index in [1.54, 1.807) is 6.92 Å². The zero-order chi connectivity index (χ0) is 17.4. The lowest BCUT2D eigenvalue weighted by molar-refractivity contribution is -0.114. The fourth-order valence-electron chi connectivity index (χ4n) is 4.66. The molecule has 2 aliphatic rings. The number of benzene rings is 2. The molecule has 2 aliphatic carbocycles. The average molecular weight is 334 g/mol. The van der Waals surface area contributed by atoms with Crippen LogP contribution < -0.4 is 11.1 Å². The van der Waals surface area contributed by atoms with E-state index in [1.165, 1.54) is 40.7 Å². The second kappa shape index (κ2) is 6.64. The Balaban J connectivity index is 1.92. The third-order valence-electron chi connectivity index (χ3n) is 5.76. The standard InChI is InChI=1S/C22H26N2O/c1-14(25)24-20-13-11-16-7-3-5-9-18(16)22(20)21-17-8-4-2-6-15(17)10-12-19(21)23/h2,4,6,8,11,13,19,21H,3,5,7,9-10,12,23H2,1H3,(H,24,25)/t19-,21?/m1/s1. The molecule has 3 nitrogen and oxygen atoms in total. The molecule has 1 unspecified atom stereocenters. The Hall–Kier alpha value is -2.13. The molecular formula is C22H26N2O. The van der Waals surface area contributed by atoms with Crippen molar-refractivity contribution in [1.82, 2.24) is 0 Å². The van der Waals surface area contributed by atoms with Gasteiger partial charge in [0.05, 0.1) is 0 Å². The minimum atomic E-state index is -0.0188. The zero-order valence-electron chi connectivity index (χ0n) is 14.8. The maximum Gasteiger partial charge on any atom is 0.221 e. The van der Waals surface area contributed by atoms with Crippen molar-refractivity contribution in [3.63, 3.8) is 0 Å². The number of nitrogens with one attached hydrogen (secondary N) is 1. The monoisotopic (exact) mass is 334 g/mol. The lowest BCUT2D eigenvalue weighted by atomic mass is 9.72. The van der Waals surface area contributed by atoms with Gasteiger partial charge in [-0.3, -0.25) is 4.79 Å². The van der Waals surface area contributed by atoms with E-state index in [4.69, 9.17) is 5.73 Å². The molecule has 0 bridgehead atoms. The third kappa shape index (κ3) is 2.98. The first-order valence-electron chi connectivity index (χ1n) is 9.41. The molecule has 0 saturated heterocycles. The molecule has 2 aromatic carbocycles. The van der Waals surface area contributed by atoms with Crippen LogP contribution in [0.25, 0.3) is 0 Å². The van der Waals surface area contributed by atoms with Crippen molar-refractivity contribution in [2.45, 2.75) is 57.4 Å². The zero-order valence-corrected chi connectivity index (χ0v) is 14.8. The van der Waals surface area contributed by atoms with Crippen molar-refractivity contribution in [3.8, 4) is 0 Å². The van der Waals surface area contributed by atoms with Gasteiger partial charge in [-0.15, -0.1) is 0 Å². The molecule has 0 aromatic heterocycles. The molecule has 0 fully saturated rings. The second-order valence-corrected chi connectivity index (χ2v) is 7.43. The Morgan fingerprint density at radius 1 is 1.04 bits per heavy atom. The predicted molar refractivity (Wildman–Crippen MR) is 102 cm³/mol. The first kappa shape index (κ1) is 16.3. The molecule has 0 heterocycles. The smallest absolute Gasteiger partial charge is 0.221 e. The van der Waals surface area contributed by atoms with Gasteiger partial charge in [0.1, 0.15) is 0 Å². The van der Waals surface area contributed by atoms with Gasteiger partial charge in [-0.1, -0.05) is 30.3 Å². The first-order chi connectivity index (χ1) is 12.1. The molecule has 3 heteroatoms. The summed E-state index contributed by atoms with van der Waals surface area (Å²) >= 11 is 0. The van der Waals surface area contributed by atoms with E-state index in [-0.39, 0.29) is 17.9 Å². The molecule has 0 saturated carbocycles. The van der Waals surface area contributed by atoms with Crippen LogP contribution in [0.1, 0.15) is 59.9 Å². The third-order valence-corrected chi connectivity index (χ3v) is 5.76. The number of carbonyl (C=O) groups is 1. The summed E-state index contributed by atoms with van der Waals surface area (Å²) in [5, 5.41) is 3.08. The largest absolute Gasteiger partial charge is 0.327 e. The summed E-state index contributed by atoms with van der Waals surface area (Å²) in [6.45, 7) is 1.58. The number of hydrogen-bond donors (Lipinski definition) is 2. The second-order valence-electron chi connectivity index (χ2n) is 7.43. The van der Waals surface area contributed by atoms with Crippen molar-refractivity contribution in [3.05, 3.63) is 64.2 Å². The Bertz CT molecular complexity index is 812. The van der Waals surface area contributed by atoms with E-state index < -0.39 is 0 Å². The molecule has 0 spiro atoms. The Morgan fingerprint density at radius 3 is 2.68 bits per heavy atom. The highest BCUT2D eigenvalue weighted by atomic mass is 16.1. The quantitative estimate of drug-likeness (QED) is 0.874. The maximum atomic E-state index is 11.8. The molecular weight excluding hydrogens is 308 g/mol. The number of rotatable bonds is 2. The van der Waals surface area contributed by atoms with E-state index in [1.807, 2.05) is 0 Å². The van der Waals surface area contributed by atoms with E-state index in [9.17, 15) is 4.79 Å². The minimum absolute atomic E-state index is 0.0188. The number of anilines is 1. The number of fused-ring (bicyclic) bond motifs is 2. The van der Waals surface area contributed by atoms with Crippen LogP contribution in [0, 0.1) is 0 Å². The van der Waals surface area contributed by atoms with Crippen molar-refractivity contribution >= 4 is 11.6 Å². The van der Waals surface area contributed by atoms with E-state index >= 15 is 0 Å². The number of aryl methyl sites for hydroxylation is 2. The Morgan fingerprint density at radius 2 is 1.84 bits per heavy atom. The average Bonchev–Trinajstić information content (AvgIpc) is 2.62. The summed E-state index contributed by atoms with van der Waals surface area (Å²) in [6.07, 6.45) is 6.71. The molecule has 4 rings (SSSR count). The first-order valence-corrected chi connectivity index (χ1v) is 9.41. The lowest BCUT2D eigenvalue weighted by Gasteiger charge is -2.35. The van der Waals surface area contributed by atoms with Crippen LogP contribution in [0.15, 0.2) is 36.4 Å². The fourth-order valence-corrected chi connectivity index (χ4v) is 4.66. The lowest BCUT2D eigenvalue weighted by Crippen LogP contribution is -2.35. The molecule has 0 aliphatic heterocycles. The van der Waals surface area contributed by atoms with Crippen molar-refractivity contribution < 1.29 is 4.79 Å². The normalized spacial score (nSPS) is 22.0. The summed E-state index contributed by atoms with van der Waals surface area (Å²) in [6, 6.07) is 13.0. The predicted octanol–water partition coefficient (Wildman–Crippen LogP) is 3.93. The minimum Gasteiger partial charge on any atom is -0.327 e. The Kier molecular flexibility index (Phi) is 4.34. The molecule has 2 aromatic rings. The highest BCUT2D eigenvalue weighted by molar-refractivity contribution is 5.90. The van der Waals surface area contributed by atoms with Crippen LogP contribution in [0.4, 0.5) is 5.69 Å². The molecule has 1 amide bonds. The van der Waals surface area contributed by atoms with Crippen LogP contribution in [-0.4, -0.2) is 11.9 Å². The van der Waals surface area contributed by atoms with Gasteiger partial charge in [-0.05, 0) is 72.4 Å². The van der Waals surface area contributed by atoms with Gasteiger partial charge in [0.25, 0.3) is 0 Å². The highest BCUT2D eigenvalue weighted by Gasteiger charge is 2.33. The van der Waals surface area contributed by atoms with Gasteiger partial charge in [0.2, 0.25) is 5.91 Å². The maximum absolute atomic E-state index is 11.8. The molecule has 0 radical (unpaired) electrons. The van der Waals surface area contributed by atoms with Gasteiger partial charge in [-0.2, -0.15) is 0 Å².